The minimum Gasteiger partial charge on any atom is -0.323 e. The van der Waals surface area contributed by atoms with E-state index < -0.39 is 0 Å². The van der Waals surface area contributed by atoms with Gasteiger partial charge in [0.2, 0.25) is 0 Å². The molecule has 0 spiro atoms. The summed E-state index contributed by atoms with van der Waals surface area (Å²) in [5.74, 6) is 1.21. The fraction of sp³-hybridized carbons (Fsp3) is 0.400. The van der Waals surface area contributed by atoms with E-state index in [0.29, 0.717) is 12.5 Å². The van der Waals surface area contributed by atoms with Gasteiger partial charge in [0.15, 0.2) is 0 Å². The molecule has 2 aliphatic heterocycles. The van der Waals surface area contributed by atoms with E-state index in [1.165, 1.54) is 5.57 Å². The van der Waals surface area contributed by atoms with Crippen molar-refractivity contribution in [3.05, 3.63) is 23.9 Å². The molecule has 2 rings (SSSR count). The van der Waals surface area contributed by atoms with E-state index in [1.54, 1.807) is 0 Å². The summed E-state index contributed by atoms with van der Waals surface area (Å²) in [4.78, 5) is 16.8. The molecule has 3 nitrogen and oxygen atoms in total. The van der Waals surface area contributed by atoms with E-state index in [-0.39, 0.29) is 5.91 Å². The Labute approximate surface area is 77.4 Å². The molecule has 13 heavy (non-hydrogen) atoms. The molecule has 2 heterocycles. The van der Waals surface area contributed by atoms with Crippen molar-refractivity contribution in [3.8, 4) is 0 Å². The Balaban J connectivity index is 2.27. The monoisotopic (exact) mass is 176 g/mol. The van der Waals surface area contributed by atoms with Gasteiger partial charge in [-0.2, -0.15) is 4.99 Å². The van der Waals surface area contributed by atoms with Crippen LogP contribution >= 0.6 is 0 Å². The molecule has 0 fully saturated rings. The lowest BCUT2D eigenvalue weighted by Crippen LogP contribution is -2.24. The standard InChI is InChI=1S/C10H12N2O/c1-7(2)8-3-4-9-11-10(13)6-12(9)5-8/h3-5,7H,6H2,1-2H3. The number of carbonyl (C=O) groups is 1. The maximum absolute atomic E-state index is 11.0. The molecule has 0 N–H and O–H groups in total. The van der Waals surface area contributed by atoms with Gasteiger partial charge < -0.3 is 4.90 Å². The molecule has 0 atom stereocenters. The Bertz CT molecular complexity index is 337. The first-order chi connectivity index (χ1) is 6.16. The van der Waals surface area contributed by atoms with Crippen molar-refractivity contribution in [3.63, 3.8) is 0 Å². The van der Waals surface area contributed by atoms with E-state index in [4.69, 9.17) is 0 Å². The van der Waals surface area contributed by atoms with Crippen molar-refractivity contribution in [2.24, 2.45) is 10.9 Å². The molecule has 0 radical (unpaired) electrons. The molecule has 0 saturated carbocycles. The highest BCUT2D eigenvalue weighted by Crippen LogP contribution is 2.19. The van der Waals surface area contributed by atoms with Crippen LogP contribution < -0.4 is 0 Å². The molecule has 0 saturated heterocycles. The minimum absolute atomic E-state index is 0.0547. The van der Waals surface area contributed by atoms with E-state index in [2.05, 4.69) is 18.8 Å². The van der Waals surface area contributed by atoms with Crippen molar-refractivity contribution in [2.75, 3.05) is 6.54 Å². The normalized spacial score (nSPS) is 20.5. The van der Waals surface area contributed by atoms with Crippen molar-refractivity contribution in [1.29, 1.82) is 0 Å². The summed E-state index contributed by atoms with van der Waals surface area (Å²) in [6.07, 6.45) is 5.94. The lowest BCUT2D eigenvalue weighted by atomic mass is 10.0. The van der Waals surface area contributed by atoms with Gasteiger partial charge >= 0.3 is 0 Å². The third-order valence-corrected chi connectivity index (χ3v) is 2.24. The average molecular weight is 176 g/mol. The largest absolute Gasteiger partial charge is 0.323 e. The minimum atomic E-state index is -0.0547. The summed E-state index contributed by atoms with van der Waals surface area (Å²) in [7, 11) is 0. The van der Waals surface area contributed by atoms with Gasteiger partial charge in [-0.25, -0.2) is 0 Å². The van der Waals surface area contributed by atoms with Crippen LogP contribution in [0.2, 0.25) is 0 Å². The van der Waals surface area contributed by atoms with Crippen LogP contribution in [0.5, 0.6) is 0 Å². The zero-order valence-corrected chi connectivity index (χ0v) is 7.82. The third-order valence-electron chi connectivity index (χ3n) is 2.24. The second-order valence-electron chi connectivity index (χ2n) is 3.61. The number of carbonyl (C=O) groups excluding carboxylic acids is 1. The molecule has 0 unspecified atom stereocenters. The summed E-state index contributed by atoms with van der Waals surface area (Å²) in [5, 5.41) is 0. The topological polar surface area (TPSA) is 32.7 Å². The van der Waals surface area contributed by atoms with Crippen molar-refractivity contribution in [2.45, 2.75) is 13.8 Å². The number of fused-ring (bicyclic) bond motifs is 1. The van der Waals surface area contributed by atoms with Gasteiger partial charge in [-0.15, -0.1) is 0 Å². The first-order valence-corrected chi connectivity index (χ1v) is 4.45. The second kappa shape index (κ2) is 2.83. The summed E-state index contributed by atoms with van der Waals surface area (Å²) >= 11 is 0. The van der Waals surface area contributed by atoms with Crippen LogP contribution in [0, 0.1) is 5.92 Å². The number of allylic oxidation sites excluding steroid dienone is 2. The van der Waals surface area contributed by atoms with Gasteiger partial charge in [0.05, 0.1) is 0 Å². The van der Waals surface area contributed by atoms with Crippen molar-refractivity contribution >= 4 is 11.7 Å². The molecule has 0 aromatic rings. The number of nitrogens with zero attached hydrogens (tertiary/aromatic N) is 2. The van der Waals surface area contributed by atoms with Crippen LogP contribution in [0.25, 0.3) is 0 Å². The maximum Gasteiger partial charge on any atom is 0.267 e. The summed E-state index contributed by atoms with van der Waals surface area (Å²) in [6, 6.07) is 0. The Morgan fingerprint density at radius 2 is 2.23 bits per heavy atom. The van der Waals surface area contributed by atoms with Gasteiger partial charge in [-0.05, 0) is 17.6 Å². The molecule has 0 bridgehead atoms. The summed E-state index contributed by atoms with van der Waals surface area (Å²) in [5.41, 5.74) is 1.24. The quantitative estimate of drug-likeness (QED) is 0.604. The zero-order chi connectivity index (χ0) is 9.42. The number of hydrogen-bond acceptors (Lipinski definition) is 2. The summed E-state index contributed by atoms with van der Waals surface area (Å²) in [6.45, 7) is 4.67. The molecular weight excluding hydrogens is 164 g/mol. The molecule has 2 aliphatic rings. The number of amidine groups is 1. The zero-order valence-electron chi connectivity index (χ0n) is 7.82. The average Bonchev–Trinajstić information content (AvgIpc) is 2.42. The van der Waals surface area contributed by atoms with Gasteiger partial charge in [-0.1, -0.05) is 19.9 Å². The highest BCUT2D eigenvalue weighted by molar-refractivity contribution is 6.08. The SMILES string of the molecule is CC(C)C1=CN2CC(=O)N=C2C=C1. The Morgan fingerprint density at radius 1 is 1.46 bits per heavy atom. The molecule has 0 aromatic heterocycles. The molecule has 0 aliphatic carbocycles. The van der Waals surface area contributed by atoms with Gasteiger partial charge in [-0.3, -0.25) is 4.79 Å². The Morgan fingerprint density at radius 3 is 2.92 bits per heavy atom. The van der Waals surface area contributed by atoms with E-state index in [1.807, 2.05) is 23.3 Å². The molecule has 3 heteroatoms. The van der Waals surface area contributed by atoms with Crippen LogP contribution in [0.4, 0.5) is 0 Å². The van der Waals surface area contributed by atoms with Gasteiger partial charge in [0.25, 0.3) is 5.91 Å². The van der Waals surface area contributed by atoms with Crippen LogP contribution in [-0.4, -0.2) is 23.2 Å². The van der Waals surface area contributed by atoms with Gasteiger partial charge in [0.1, 0.15) is 12.4 Å². The van der Waals surface area contributed by atoms with Crippen molar-refractivity contribution in [1.82, 2.24) is 4.90 Å². The first-order valence-electron chi connectivity index (χ1n) is 4.45. The molecular formula is C10H12N2O. The molecule has 68 valence electrons. The lowest BCUT2D eigenvalue weighted by Gasteiger charge is -2.19. The fourth-order valence-electron chi connectivity index (χ4n) is 1.43. The number of rotatable bonds is 1. The third kappa shape index (κ3) is 1.41. The molecule has 0 aromatic carbocycles. The fourth-order valence-corrected chi connectivity index (χ4v) is 1.43. The Hall–Kier alpha value is -1.38. The van der Waals surface area contributed by atoms with Crippen LogP contribution in [-0.2, 0) is 4.79 Å². The predicted molar refractivity (Wildman–Crippen MR) is 51.2 cm³/mol. The highest BCUT2D eigenvalue weighted by Gasteiger charge is 2.22. The van der Waals surface area contributed by atoms with Crippen LogP contribution in [0.15, 0.2) is 28.9 Å². The summed E-state index contributed by atoms with van der Waals surface area (Å²) < 4.78 is 0. The van der Waals surface area contributed by atoms with Crippen LogP contribution in [0.1, 0.15) is 13.8 Å². The van der Waals surface area contributed by atoms with Crippen LogP contribution in [0.3, 0.4) is 0 Å². The highest BCUT2D eigenvalue weighted by atomic mass is 16.2. The maximum atomic E-state index is 11.0. The van der Waals surface area contributed by atoms with Crippen molar-refractivity contribution < 1.29 is 4.79 Å². The number of aliphatic imine (C=N–C) groups is 1. The number of hydrogen-bond donors (Lipinski definition) is 0. The number of amides is 1. The lowest BCUT2D eigenvalue weighted by molar-refractivity contribution is -0.116. The van der Waals surface area contributed by atoms with E-state index in [9.17, 15) is 4.79 Å². The van der Waals surface area contributed by atoms with Gasteiger partial charge in [0, 0.05) is 6.20 Å². The predicted octanol–water partition coefficient (Wildman–Crippen LogP) is 1.34. The smallest absolute Gasteiger partial charge is 0.267 e. The van der Waals surface area contributed by atoms with E-state index in [0.717, 1.165) is 5.84 Å². The molecule has 1 amide bonds. The first kappa shape index (κ1) is 8.23. The Kier molecular flexibility index (Phi) is 1.79. The van der Waals surface area contributed by atoms with E-state index >= 15 is 0 Å². The second-order valence-corrected chi connectivity index (χ2v) is 3.61.